The molecule has 1 aliphatic heterocycles. The van der Waals surface area contributed by atoms with E-state index in [0.29, 0.717) is 11.5 Å². The van der Waals surface area contributed by atoms with Crippen molar-refractivity contribution >= 4 is 11.5 Å². The number of hydrogen-bond donors (Lipinski definition) is 2. The molecule has 1 saturated heterocycles. The second kappa shape index (κ2) is 3.88. The lowest BCUT2D eigenvalue weighted by Gasteiger charge is -2.14. The Morgan fingerprint density at radius 2 is 1.93 bits per heavy atom. The van der Waals surface area contributed by atoms with Crippen molar-refractivity contribution in [3.8, 4) is 0 Å². The monoisotopic (exact) mass is 195 g/mol. The zero-order valence-electron chi connectivity index (χ0n) is 8.32. The predicted molar refractivity (Wildman–Crippen MR) is 56.7 cm³/mol. The molecule has 0 saturated carbocycles. The van der Waals surface area contributed by atoms with Crippen molar-refractivity contribution in [3.63, 3.8) is 0 Å². The molecule has 78 valence electrons. The van der Waals surface area contributed by atoms with Gasteiger partial charge in [0.2, 0.25) is 0 Å². The lowest BCUT2D eigenvalue weighted by atomic mass is 10.4. The minimum atomic E-state index is 0.575. The Kier molecular flexibility index (Phi) is 2.58. The van der Waals surface area contributed by atoms with Crippen LogP contribution in [0.1, 0.15) is 12.8 Å². The molecule has 1 aromatic heterocycles. The van der Waals surface area contributed by atoms with Gasteiger partial charge in [0.05, 0.1) is 18.4 Å². The number of likely N-dealkylation sites (tertiary alicyclic amines) is 1. The Bertz CT molecular complexity index is 300. The van der Waals surface area contributed by atoms with Crippen LogP contribution in [0.25, 0.3) is 0 Å². The van der Waals surface area contributed by atoms with Crippen LogP contribution >= 0.6 is 0 Å². The van der Waals surface area contributed by atoms with Gasteiger partial charge in [-0.1, -0.05) is 0 Å². The molecule has 0 bridgehead atoms. The maximum absolute atomic E-state index is 5.74. The second-order valence-electron chi connectivity index (χ2n) is 3.76. The van der Waals surface area contributed by atoms with Crippen LogP contribution in [0, 0.1) is 0 Å². The van der Waals surface area contributed by atoms with Crippen LogP contribution in [0.2, 0.25) is 0 Å². The van der Waals surface area contributed by atoms with Crippen LogP contribution in [0.3, 0.4) is 0 Å². The summed E-state index contributed by atoms with van der Waals surface area (Å²) in [6.45, 7) is 4.27. The third kappa shape index (κ3) is 1.82. The van der Waals surface area contributed by atoms with E-state index in [1.165, 1.54) is 25.9 Å². The fourth-order valence-electron chi connectivity index (χ4n) is 1.83. The summed E-state index contributed by atoms with van der Waals surface area (Å²) in [5.41, 5.74) is 11.9. The summed E-state index contributed by atoms with van der Waals surface area (Å²) in [4.78, 5) is 2.43. The molecule has 1 fully saturated rings. The molecule has 2 heterocycles. The van der Waals surface area contributed by atoms with Crippen molar-refractivity contribution < 1.29 is 0 Å². The quantitative estimate of drug-likeness (QED) is 0.719. The molecule has 0 amide bonds. The topological polar surface area (TPSA) is 73.1 Å². The highest BCUT2D eigenvalue weighted by atomic mass is 15.3. The number of nitrogens with two attached hydrogens (primary N) is 2. The summed E-state index contributed by atoms with van der Waals surface area (Å²) < 4.78 is 1.77. The Labute approximate surface area is 83.7 Å². The maximum atomic E-state index is 5.74. The molecule has 0 spiro atoms. The molecule has 0 aliphatic carbocycles. The predicted octanol–water partition coefficient (Wildman–Crippen LogP) is 0.143. The van der Waals surface area contributed by atoms with Crippen molar-refractivity contribution in [2.24, 2.45) is 0 Å². The molecule has 14 heavy (non-hydrogen) atoms. The van der Waals surface area contributed by atoms with Crippen molar-refractivity contribution in [2.75, 3.05) is 31.1 Å². The van der Waals surface area contributed by atoms with Gasteiger partial charge in [-0.2, -0.15) is 5.10 Å². The molecule has 5 nitrogen and oxygen atoms in total. The largest absolute Gasteiger partial charge is 0.394 e. The molecule has 5 heteroatoms. The smallest absolute Gasteiger partial charge is 0.145 e. The van der Waals surface area contributed by atoms with Gasteiger partial charge in [-0.3, -0.25) is 0 Å². The SMILES string of the molecule is Nc1cnn(CCN2CCCC2)c1N. The molecule has 0 unspecified atom stereocenters. The number of nitrogen functional groups attached to an aromatic ring is 2. The van der Waals surface area contributed by atoms with E-state index in [1.807, 2.05) is 0 Å². The molecular weight excluding hydrogens is 178 g/mol. The van der Waals surface area contributed by atoms with Crippen LogP contribution in [0.4, 0.5) is 11.5 Å². The molecule has 0 aromatic carbocycles. The number of rotatable bonds is 3. The Morgan fingerprint density at radius 3 is 2.50 bits per heavy atom. The number of hydrogen-bond acceptors (Lipinski definition) is 4. The molecule has 4 N–H and O–H groups in total. The molecule has 0 atom stereocenters. The van der Waals surface area contributed by atoms with Gasteiger partial charge in [0.25, 0.3) is 0 Å². The fourth-order valence-corrected chi connectivity index (χ4v) is 1.83. The van der Waals surface area contributed by atoms with E-state index in [4.69, 9.17) is 11.5 Å². The summed E-state index contributed by atoms with van der Waals surface area (Å²) in [7, 11) is 0. The average molecular weight is 195 g/mol. The van der Waals surface area contributed by atoms with Gasteiger partial charge in [0, 0.05) is 6.54 Å². The van der Waals surface area contributed by atoms with Crippen LogP contribution in [-0.2, 0) is 6.54 Å². The molecular formula is C9H17N5. The third-order valence-electron chi connectivity index (χ3n) is 2.74. The molecule has 1 aromatic rings. The van der Waals surface area contributed by atoms with Gasteiger partial charge in [-0.15, -0.1) is 0 Å². The minimum Gasteiger partial charge on any atom is -0.394 e. The molecule has 0 radical (unpaired) electrons. The average Bonchev–Trinajstić information content (AvgIpc) is 2.77. The first-order valence-electron chi connectivity index (χ1n) is 5.06. The second-order valence-corrected chi connectivity index (χ2v) is 3.76. The molecule has 2 rings (SSSR count). The van der Waals surface area contributed by atoms with Crippen molar-refractivity contribution in [3.05, 3.63) is 6.20 Å². The van der Waals surface area contributed by atoms with E-state index in [-0.39, 0.29) is 0 Å². The maximum Gasteiger partial charge on any atom is 0.145 e. The van der Waals surface area contributed by atoms with Crippen molar-refractivity contribution in [1.82, 2.24) is 14.7 Å². The van der Waals surface area contributed by atoms with Gasteiger partial charge in [-0.05, 0) is 25.9 Å². The van der Waals surface area contributed by atoms with Crippen molar-refractivity contribution in [1.29, 1.82) is 0 Å². The van der Waals surface area contributed by atoms with Crippen LogP contribution in [-0.4, -0.2) is 34.3 Å². The van der Waals surface area contributed by atoms with Gasteiger partial charge < -0.3 is 16.4 Å². The Hall–Kier alpha value is -1.23. The molecule has 1 aliphatic rings. The number of aromatic nitrogens is 2. The lowest BCUT2D eigenvalue weighted by Crippen LogP contribution is -2.25. The minimum absolute atomic E-state index is 0.575. The summed E-state index contributed by atoms with van der Waals surface area (Å²) in [6, 6.07) is 0. The standard InChI is InChI=1S/C9H17N5/c10-8-7-12-14(9(8)11)6-5-13-3-1-2-4-13/h7H,1-6,10-11H2. The Balaban J connectivity index is 1.88. The van der Waals surface area contributed by atoms with E-state index in [9.17, 15) is 0 Å². The third-order valence-corrected chi connectivity index (χ3v) is 2.74. The first kappa shape index (κ1) is 9.33. The van der Waals surface area contributed by atoms with Gasteiger partial charge in [0.15, 0.2) is 0 Å². The first-order chi connectivity index (χ1) is 6.77. The summed E-state index contributed by atoms with van der Waals surface area (Å²) in [5.74, 6) is 0.587. The summed E-state index contributed by atoms with van der Waals surface area (Å²) in [6.07, 6.45) is 4.24. The van der Waals surface area contributed by atoms with E-state index < -0.39 is 0 Å². The summed E-state index contributed by atoms with van der Waals surface area (Å²) in [5, 5.41) is 4.12. The van der Waals surface area contributed by atoms with Gasteiger partial charge in [0.1, 0.15) is 5.82 Å². The highest BCUT2D eigenvalue weighted by Gasteiger charge is 2.12. The normalized spacial score (nSPS) is 17.7. The zero-order valence-corrected chi connectivity index (χ0v) is 8.32. The zero-order chi connectivity index (χ0) is 9.97. The van der Waals surface area contributed by atoms with Crippen LogP contribution in [0.5, 0.6) is 0 Å². The highest BCUT2D eigenvalue weighted by Crippen LogP contribution is 2.13. The van der Waals surface area contributed by atoms with E-state index in [0.717, 1.165) is 13.1 Å². The van der Waals surface area contributed by atoms with Crippen molar-refractivity contribution in [2.45, 2.75) is 19.4 Å². The highest BCUT2D eigenvalue weighted by molar-refractivity contribution is 5.56. The summed E-state index contributed by atoms with van der Waals surface area (Å²) >= 11 is 0. The van der Waals surface area contributed by atoms with Gasteiger partial charge in [-0.25, -0.2) is 4.68 Å². The number of nitrogens with zero attached hydrogens (tertiary/aromatic N) is 3. The first-order valence-corrected chi connectivity index (χ1v) is 5.06. The van der Waals surface area contributed by atoms with E-state index in [1.54, 1.807) is 10.9 Å². The van der Waals surface area contributed by atoms with E-state index >= 15 is 0 Å². The van der Waals surface area contributed by atoms with Crippen LogP contribution in [0.15, 0.2) is 6.20 Å². The lowest BCUT2D eigenvalue weighted by molar-refractivity contribution is 0.317. The van der Waals surface area contributed by atoms with Crippen LogP contribution < -0.4 is 11.5 Å². The Morgan fingerprint density at radius 1 is 1.21 bits per heavy atom. The fraction of sp³-hybridized carbons (Fsp3) is 0.667. The van der Waals surface area contributed by atoms with Gasteiger partial charge >= 0.3 is 0 Å². The number of anilines is 2. The van der Waals surface area contributed by atoms with E-state index in [2.05, 4.69) is 10.00 Å².